The second-order valence-electron chi connectivity index (χ2n) is 4.26. The zero-order valence-corrected chi connectivity index (χ0v) is 11.9. The van der Waals surface area contributed by atoms with Gasteiger partial charge < -0.3 is 10.5 Å². The van der Waals surface area contributed by atoms with Crippen molar-refractivity contribution < 1.29 is 9.13 Å². The lowest BCUT2D eigenvalue weighted by Gasteiger charge is -2.10. The minimum Gasteiger partial charge on any atom is -0.453 e. The van der Waals surface area contributed by atoms with Crippen LogP contribution in [0.4, 0.5) is 10.1 Å². The Morgan fingerprint density at radius 2 is 1.90 bits per heavy atom. The molecule has 0 unspecified atom stereocenters. The molecule has 0 bridgehead atoms. The number of hydrogen-bond donors (Lipinski definition) is 1. The maximum absolute atomic E-state index is 13.7. The van der Waals surface area contributed by atoms with E-state index in [1.54, 1.807) is 36.5 Å². The normalized spacial score (nSPS) is 10.7. The standard InChI is InChI=1S/C15H10BrFN2O/c16-9-1-4-12(17)15(7-9)20-14-5-6-19-13-8-10(18)2-3-11(13)14/h1-8H,18H2. The molecule has 0 amide bonds. The minimum absolute atomic E-state index is 0.156. The maximum atomic E-state index is 13.7. The first-order chi connectivity index (χ1) is 9.63. The third-order valence-corrected chi connectivity index (χ3v) is 3.33. The number of nitrogen functional groups attached to an aromatic ring is 1. The lowest BCUT2D eigenvalue weighted by Crippen LogP contribution is -1.92. The second-order valence-corrected chi connectivity index (χ2v) is 5.18. The number of fused-ring (bicyclic) bond motifs is 1. The van der Waals surface area contributed by atoms with Crippen LogP contribution in [0.1, 0.15) is 0 Å². The molecule has 5 heteroatoms. The average molecular weight is 333 g/mol. The summed E-state index contributed by atoms with van der Waals surface area (Å²) in [7, 11) is 0. The molecule has 0 spiro atoms. The lowest BCUT2D eigenvalue weighted by atomic mass is 10.2. The molecule has 0 aliphatic heterocycles. The highest BCUT2D eigenvalue weighted by Gasteiger charge is 2.09. The van der Waals surface area contributed by atoms with Gasteiger partial charge in [0.05, 0.1) is 5.52 Å². The quantitative estimate of drug-likeness (QED) is 0.702. The molecule has 0 radical (unpaired) electrons. The molecule has 1 aromatic heterocycles. The molecule has 20 heavy (non-hydrogen) atoms. The van der Waals surface area contributed by atoms with Crippen molar-refractivity contribution >= 4 is 32.5 Å². The monoisotopic (exact) mass is 332 g/mol. The highest BCUT2D eigenvalue weighted by atomic mass is 79.9. The van der Waals surface area contributed by atoms with Gasteiger partial charge in [0.2, 0.25) is 0 Å². The van der Waals surface area contributed by atoms with Crippen LogP contribution < -0.4 is 10.5 Å². The second kappa shape index (κ2) is 5.09. The molecule has 3 rings (SSSR count). The number of hydrogen-bond acceptors (Lipinski definition) is 3. The van der Waals surface area contributed by atoms with Crippen LogP contribution >= 0.6 is 15.9 Å². The van der Waals surface area contributed by atoms with E-state index in [0.29, 0.717) is 17.0 Å². The molecule has 2 aromatic carbocycles. The number of anilines is 1. The summed E-state index contributed by atoms with van der Waals surface area (Å²) in [6.45, 7) is 0. The summed E-state index contributed by atoms with van der Waals surface area (Å²) in [4.78, 5) is 4.22. The third kappa shape index (κ3) is 2.44. The SMILES string of the molecule is Nc1ccc2c(Oc3cc(Br)ccc3F)ccnc2c1. The zero-order chi connectivity index (χ0) is 14.1. The number of pyridine rings is 1. The largest absolute Gasteiger partial charge is 0.453 e. The molecule has 0 fully saturated rings. The van der Waals surface area contributed by atoms with Gasteiger partial charge in [0.15, 0.2) is 11.6 Å². The van der Waals surface area contributed by atoms with Crippen LogP contribution in [0.25, 0.3) is 10.9 Å². The van der Waals surface area contributed by atoms with Crippen molar-refractivity contribution in [1.29, 1.82) is 0 Å². The van der Waals surface area contributed by atoms with Gasteiger partial charge in [-0.05, 0) is 42.5 Å². The van der Waals surface area contributed by atoms with E-state index in [2.05, 4.69) is 20.9 Å². The number of benzene rings is 2. The molecular weight excluding hydrogens is 323 g/mol. The highest BCUT2D eigenvalue weighted by molar-refractivity contribution is 9.10. The topological polar surface area (TPSA) is 48.1 Å². The van der Waals surface area contributed by atoms with Crippen molar-refractivity contribution in [3.05, 3.63) is 59.0 Å². The van der Waals surface area contributed by atoms with E-state index in [9.17, 15) is 4.39 Å². The van der Waals surface area contributed by atoms with Crippen molar-refractivity contribution in [2.75, 3.05) is 5.73 Å². The fourth-order valence-corrected chi connectivity index (χ4v) is 2.24. The zero-order valence-electron chi connectivity index (χ0n) is 10.3. The maximum Gasteiger partial charge on any atom is 0.165 e. The molecule has 0 aliphatic rings. The van der Waals surface area contributed by atoms with Gasteiger partial charge in [0, 0.05) is 21.7 Å². The smallest absolute Gasteiger partial charge is 0.165 e. The van der Waals surface area contributed by atoms with E-state index in [1.165, 1.54) is 6.07 Å². The van der Waals surface area contributed by atoms with Crippen LogP contribution in [0.3, 0.4) is 0 Å². The van der Waals surface area contributed by atoms with Crippen LogP contribution in [0.2, 0.25) is 0 Å². The molecule has 0 aliphatic carbocycles. The molecular formula is C15H10BrFN2O. The molecule has 3 nitrogen and oxygen atoms in total. The first-order valence-corrected chi connectivity index (χ1v) is 6.70. The Morgan fingerprint density at radius 1 is 1.05 bits per heavy atom. The Balaban J connectivity index is 2.09. The Hall–Kier alpha value is -2.14. The first-order valence-electron chi connectivity index (χ1n) is 5.90. The van der Waals surface area contributed by atoms with Gasteiger partial charge in [0.1, 0.15) is 5.75 Å². The number of nitrogens with two attached hydrogens (primary N) is 1. The summed E-state index contributed by atoms with van der Waals surface area (Å²) in [6, 6.07) is 11.6. The third-order valence-electron chi connectivity index (χ3n) is 2.84. The van der Waals surface area contributed by atoms with Crippen LogP contribution in [-0.2, 0) is 0 Å². The van der Waals surface area contributed by atoms with Gasteiger partial charge in [-0.1, -0.05) is 15.9 Å². The fraction of sp³-hybridized carbons (Fsp3) is 0. The van der Waals surface area contributed by atoms with Gasteiger partial charge in [-0.3, -0.25) is 4.98 Å². The Labute approximate surface area is 123 Å². The molecule has 2 N–H and O–H groups in total. The van der Waals surface area contributed by atoms with Gasteiger partial charge in [-0.25, -0.2) is 4.39 Å². The predicted octanol–water partition coefficient (Wildman–Crippen LogP) is 4.51. The van der Waals surface area contributed by atoms with Crippen molar-refractivity contribution in [2.24, 2.45) is 0 Å². The molecule has 3 aromatic rings. The number of rotatable bonds is 2. The van der Waals surface area contributed by atoms with E-state index in [-0.39, 0.29) is 5.75 Å². The summed E-state index contributed by atoms with van der Waals surface area (Å²) in [5.74, 6) is 0.268. The summed E-state index contributed by atoms with van der Waals surface area (Å²) < 4.78 is 20.1. The van der Waals surface area contributed by atoms with E-state index in [0.717, 1.165) is 9.86 Å². The van der Waals surface area contributed by atoms with E-state index < -0.39 is 5.82 Å². The van der Waals surface area contributed by atoms with Gasteiger partial charge in [0.25, 0.3) is 0 Å². The Bertz CT molecular complexity index is 792. The molecule has 0 saturated heterocycles. The number of ether oxygens (including phenoxy) is 1. The van der Waals surface area contributed by atoms with Crippen LogP contribution in [0.5, 0.6) is 11.5 Å². The molecule has 1 heterocycles. The van der Waals surface area contributed by atoms with Crippen molar-refractivity contribution in [3.63, 3.8) is 0 Å². The molecule has 100 valence electrons. The number of nitrogens with zero attached hydrogens (tertiary/aromatic N) is 1. The fourth-order valence-electron chi connectivity index (χ4n) is 1.90. The van der Waals surface area contributed by atoms with Crippen molar-refractivity contribution in [3.8, 4) is 11.5 Å². The summed E-state index contributed by atoms with van der Waals surface area (Å²) in [5.41, 5.74) is 7.05. The van der Waals surface area contributed by atoms with Crippen LogP contribution in [0, 0.1) is 5.82 Å². The molecule has 0 atom stereocenters. The summed E-state index contributed by atoms with van der Waals surface area (Å²) >= 11 is 3.29. The van der Waals surface area contributed by atoms with Gasteiger partial charge in [-0.15, -0.1) is 0 Å². The number of aromatic nitrogens is 1. The average Bonchev–Trinajstić information content (AvgIpc) is 2.43. The first kappa shape index (κ1) is 12.9. The minimum atomic E-state index is -0.423. The van der Waals surface area contributed by atoms with E-state index in [1.807, 2.05) is 6.07 Å². The number of halogens is 2. The summed E-state index contributed by atoms with van der Waals surface area (Å²) in [6.07, 6.45) is 1.60. The summed E-state index contributed by atoms with van der Waals surface area (Å²) in [5, 5.41) is 0.779. The van der Waals surface area contributed by atoms with Crippen molar-refractivity contribution in [2.45, 2.75) is 0 Å². The lowest BCUT2D eigenvalue weighted by molar-refractivity contribution is 0.446. The predicted molar refractivity (Wildman–Crippen MR) is 80.3 cm³/mol. The van der Waals surface area contributed by atoms with E-state index in [4.69, 9.17) is 10.5 Å². The Morgan fingerprint density at radius 3 is 2.75 bits per heavy atom. The van der Waals surface area contributed by atoms with Crippen LogP contribution in [-0.4, -0.2) is 4.98 Å². The van der Waals surface area contributed by atoms with Crippen molar-refractivity contribution in [1.82, 2.24) is 4.98 Å². The van der Waals surface area contributed by atoms with Gasteiger partial charge in [-0.2, -0.15) is 0 Å². The van der Waals surface area contributed by atoms with Gasteiger partial charge >= 0.3 is 0 Å². The van der Waals surface area contributed by atoms with E-state index >= 15 is 0 Å². The highest BCUT2D eigenvalue weighted by Crippen LogP contribution is 2.32. The van der Waals surface area contributed by atoms with Crippen LogP contribution in [0.15, 0.2) is 53.1 Å². The Kier molecular flexibility index (Phi) is 3.28. The molecule has 0 saturated carbocycles.